The maximum absolute atomic E-state index is 14.0. The van der Waals surface area contributed by atoms with Crippen molar-refractivity contribution < 1.29 is 31.1 Å². The van der Waals surface area contributed by atoms with Crippen LogP contribution in [0.2, 0.25) is 0 Å². The molecule has 0 aliphatic carbocycles. The van der Waals surface area contributed by atoms with Crippen LogP contribution in [0.3, 0.4) is 0 Å². The van der Waals surface area contributed by atoms with E-state index in [4.69, 9.17) is 0 Å². The number of carbonyl (C=O) groups excluding carboxylic acids is 1. The van der Waals surface area contributed by atoms with E-state index in [-0.39, 0.29) is 36.4 Å². The van der Waals surface area contributed by atoms with Crippen molar-refractivity contribution in [3.05, 3.63) is 83.4 Å². The molecule has 0 aliphatic heterocycles. The van der Waals surface area contributed by atoms with Crippen molar-refractivity contribution in [3.8, 4) is 11.3 Å². The van der Waals surface area contributed by atoms with E-state index in [1.807, 2.05) is 18.2 Å². The molecule has 1 N–H and O–H groups in total. The lowest BCUT2D eigenvalue weighted by Gasteiger charge is -2.13. The number of aryl methyl sites for hydroxylation is 2. The molecule has 7 nitrogen and oxygen atoms in total. The van der Waals surface area contributed by atoms with Gasteiger partial charge in [0.1, 0.15) is 5.56 Å². The van der Waals surface area contributed by atoms with Crippen molar-refractivity contribution in [3.63, 3.8) is 0 Å². The van der Waals surface area contributed by atoms with Crippen LogP contribution in [0.4, 0.5) is 26.3 Å². The summed E-state index contributed by atoms with van der Waals surface area (Å²) in [6.45, 7) is 1.61. The number of fused-ring (bicyclic) bond motifs is 2. The molecule has 0 saturated heterocycles. The molecule has 0 aliphatic rings. The molecule has 0 bridgehead atoms. The van der Waals surface area contributed by atoms with Crippen LogP contribution < -0.4 is 5.32 Å². The average molecular weight is 546 g/mol. The Morgan fingerprint density at radius 3 is 2.44 bits per heavy atom. The maximum Gasteiger partial charge on any atom is 0.435 e. The van der Waals surface area contributed by atoms with Crippen LogP contribution in [0.1, 0.15) is 33.9 Å². The summed E-state index contributed by atoms with van der Waals surface area (Å²) in [4.78, 5) is 17.3. The predicted molar refractivity (Wildman–Crippen MR) is 130 cm³/mol. The number of rotatable bonds is 6. The summed E-state index contributed by atoms with van der Waals surface area (Å²) >= 11 is 0. The number of amides is 1. The van der Waals surface area contributed by atoms with Gasteiger partial charge in [0.25, 0.3) is 5.91 Å². The molecule has 0 unspecified atom stereocenters. The molecule has 2 aromatic carbocycles. The fraction of sp³-hybridized carbons (Fsp3) is 0.231. The topological polar surface area (TPSA) is 77.1 Å². The molecule has 1 amide bonds. The van der Waals surface area contributed by atoms with Crippen LogP contribution in [0, 0.1) is 6.92 Å². The van der Waals surface area contributed by atoms with Crippen LogP contribution in [-0.4, -0.2) is 36.8 Å². The number of hydrogen-bond acceptors (Lipinski definition) is 4. The van der Waals surface area contributed by atoms with Crippen LogP contribution >= 0.6 is 0 Å². The molecule has 0 atom stereocenters. The van der Waals surface area contributed by atoms with Gasteiger partial charge in [-0.25, -0.2) is 9.50 Å². The average Bonchev–Trinajstić information content (AvgIpc) is 3.48. The molecule has 3 aromatic heterocycles. The Hall–Kier alpha value is -4.42. The van der Waals surface area contributed by atoms with E-state index >= 15 is 0 Å². The van der Waals surface area contributed by atoms with Gasteiger partial charge >= 0.3 is 12.4 Å². The Labute approximate surface area is 217 Å². The van der Waals surface area contributed by atoms with Crippen LogP contribution in [0.25, 0.3) is 27.7 Å². The minimum absolute atomic E-state index is 0.0239. The molecular formula is C26H20F6N6O. The number of nitrogens with zero attached hydrogens (tertiary/aromatic N) is 5. The highest BCUT2D eigenvalue weighted by Crippen LogP contribution is 2.35. The Kier molecular flexibility index (Phi) is 6.52. The van der Waals surface area contributed by atoms with Gasteiger partial charge in [-0.05, 0) is 36.2 Å². The Morgan fingerprint density at radius 1 is 0.974 bits per heavy atom. The Morgan fingerprint density at radius 2 is 1.72 bits per heavy atom. The molecule has 5 aromatic rings. The van der Waals surface area contributed by atoms with E-state index in [0.717, 1.165) is 23.7 Å². The Balaban J connectivity index is 1.42. The third-order valence-electron chi connectivity index (χ3n) is 6.18. The zero-order valence-electron chi connectivity index (χ0n) is 20.3. The zero-order chi connectivity index (χ0) is 27.9. The number of aromatic nitrogens is 5. The van der Waals surface area contributed by atoms with E-state index in [9.17, 15) is 31.1 Å². The van der Waals surface area contributed by atoms with Gasteiger partial charge in [-0.3, -0.25) is 9.48 Å². The second-order valence-electron chi connectivity index (χ2n) is 8.85. The first-order valence-electron chi connectivity index (χ1n) is 11.8. The lowest BCUT2D eigenvalue weighted by atomic mass is 10.0. The summed E-state index contributed by atoms with van der Waals surface area (Å²) in [6.07, 6.45) is -8.11. The number of carbonyl (C=O) groups is 1. The molecule has 13 heteroatoms. The SMILES string of the molecule is Cc1cc(C(F)(F)F)nn1CCCNC(=O)c1cnn2c(C(F)(F)F)cc(-c3cccc4ccccc34)nc12. The third-order valence-corrected chi connectivity index (χ3v) is 6.18. The van der Waals surface area contributed by atoms with Gasteiger partial charge in [0.15, 0.2) is 17.0 Å². The van der Waals surface area contributed by atoms with Crippen LogP contribution in [-0.2, 0) is 18.9 Å². The molecule has 3 heterocycles. The summed E-state index contributed by atoms with van der Waals surface area (Å²) in [5.41, 5.74) is -1.76. The van der Waals surface area contributed by atoms with Gasteiger partial charge < -0.3 is 5.32 Å². The van der Waals surface area contributed by atoms with Gasteiger partial charge in [-0.15, -0.1) is 0 Å². The second kappa shape index (κ2) is 9.71. The van der Waals surface area contributed by atoms with E-state index in [1.54, 1.807) is 24.3 Å². The molecular weight excluding hydrogens is 526 g/mol. The lowest BCUT2D eigenvalue weighted by Crippen LogP contribution is -2.25. The summed E-state index contributed by atoms with van der Waals surface area (Å²) < 4.78 is 82.3. The summed E-state index contributed by atoms with van der Waals surface area (Å²) in [5.74, 6) is -0.714. The molecule has 5 rings (SSSR count). The van der Waals surface area contributed by atoms with Gasteiger partial charge in [-0.1, -0.05) is 42.5 Å². The Bertz CT molecular complexity index is 1680. The third kappa shape index (κ3) is 5.16. The fourth-order valence-corrected chi connectivity index (χ4v) is 4.31. The maximum atomic E-state index is 14.0. The number of alkyl halides is 6. The largest absolute Gasteiger partial charge is 0.435 e. The van der Waals surface area contributed by atoms with Crippen LogP contribution in [0.15, 0.2) is 60.8 Å². The van der Waals surface area contributed by atoms with Crippen molar-refractivity contribution in [1.29, 1.82) is 0 Å². The predicted octanol–water partition coefficient (Wildman–Crippen LogP) is 5.91. The van der Waals surface area contributed by atoms with E-state index in [0.29, 0.717) is 21.2 Å². The molecule has 0 spiro atoms. The normalized spacial score (nSPS) is 12.4. The van der Waals surface area contributed by atoms with Crippen molar-refractivity contribution >= 4 is 22.3 Å². The van der Waals surface area contributed by atoms with Crippen molar-refractivity contribution in [2.24, 2.45) is 0 Å². The summed E-state index contributed by atoms with van der Waals surface area (Å²) in [7, 11) is 0. The minimum atomic E-state index is -4.78. The van der Waals surface area contributed by atoms with E-state index in [2.05, 4.69) is 20.5 Å². The van der Waals surface area contributed by atoms with Gasteiger partial charge in [0.2, 0.25) is 0 Å². The minimum Gasteiger partial charge on any atom is -0.352 e. The molecule has 0 fully saturated rings. The van der Waals surface area contributed by atoms with Crippen molar-refractivity contribution in [2.45, 2.75) is 32.2 Å². The van der Waals surface area contributed by atoms with E-state index in [1.165, 1.54) is 11.6 Å². The van der Waals surface area contributed by atoms with Gasteiger partial charge in [0, 0.05) is 24.3 Å². The molecule has 0 saturated carbocycles. The quantitative estimate of drug-likeness (QED) is 0.212. The highest BCUT2D eigenvalue weighted by Gasteiger charge is 2.36. The molecule has 39 heavy (non-hydrogen) atoms. The van der Waals surface area contributed by atoms with Gasteiger partial charge in [-0.2, -0.15) is 36.5 Å². The number of halogens is 6. The first-order valence-corrected chi connectivity index (χ1v) is 11.8. The standard InChI is InChI=1S/C26H20F6N6O/c1-15-12-21(25(27,28)29)36-37(15)11-5-10-33-24(39)19-14-34-38-22(26(30,31)32)13-20(35-23(19)38)18-9-4-7-16-6-2-3-8-17(16)18/h2-4,6-9,12-14H,5,10-11H2,1H3,(H,33,39). The monoisotopic (exact) mass is 546 g/mol. The molecule has 202 valence electrons. The smallest absolute Gasteiger partial charge is 0.352 e. The fourth-order valence-electron chi connectivity index (χ4n) is 4.31. The van der Waals surface area contributed by atoms with Crippen LogP contribution in [0.5, 0.6) is 0 Å². The van der Waals surface area contributed by atoms with Gasteiger partial charge in [0.05, 0.1) is 11.9 Å². The highest BCUT2D eigenvalue weighted by molar-refractivity contribution is 6.00. The zero-order valence-corrected chi connectivity index (χ0v) is 20.3. The van der Waals surface area contributed by atoms with Crippen molar-refractivity contribution in [2.75, 3.05) is 6.54 Å². The van der Waals surface area contributed by atoms with E-state index < -0.39 is 29.6 Å². The summed E-state index contributed by atoms with van der Waals surface area (Å²) in [5, 5.41) is 11.4. The number of hydrogen-bond donors (Lipinski definition) is 1. The summed E-state index contributed by atoms with van der Waals surface area (Å²) in [6, 6.07) is 14.2. The number of nitrogens with one attached hydrogen (secondary N) is 1. The van der Waals surface area contributed by atoms with Crippen molar-refractivity contribution in [1.82, 2.24) is 29.7 Å². The highest BCUT2D eigenvalue weighted by atomic mass is 19.4. The first-order chi connectivity index (χ1) is 18.4. The lowest BCUT2D eigenvalue weighted by molar-refractivity contribution is -0.143. The first kappa shape index (κ1) is 26.2. The number of benzene rings is 2. The second-order valence-corrected chi connectivity index (χ2v) is 8.85. The molecule has 0 radical (unpaired) electrons.